The molecule has 0 radical (unpaired) electrons. The Labute approximate surface area is 124 Å². The van der Waals surface area contributed by atoms with E-state index in [1.807, 2.05) is 6.07 Å². The van der Waals surface area contributed by atoms with Gasteiger partial charge in [-0.25, -0.2) is 13.1 Å². The molecule has 21 heavy (non-hydrogen) atoms. The highest BCUT2D eigenvalue weighted by molar-refractivity contribution is 7.89. The van der Waals surface area contributed by atoms with E-state index in [9.17, 15) is 13.2 Å². The summed E-state index contributed by atoms with van der Waals surface area (Å²) in [6.45, 7) is 0.475. The monoisotopic (exact) mass is 312 g/mol. The molecule has 2 rings (SSSR count). The Hall–Kier alpha value is -1.44. The number of rotatable bonds is 7. The fraction of sp³-hybridized carbons (Fsp3) is 0.500. The van der Waals surface area contributed by atoms with Crippen molar-refractivity contribution in [3.63, 3.8) is 0 Å². The molecular weight excluding hydrogens is 292 g/mol. The SMILES string of the molecule is COCCNC(=O)CNS(=O)(=O)c1ccc2c(c1)CCC2. The molecule has 1 aromatic rings. The van der Waals surface area contributed by atoms with E-state index in [-0.39, 0.29) is 17.3 Å². The molecule has 0 saturated heterocycles. The van der Waals surface area contributed by atoms with Crippen LogP contribution in [0.3, 0.4) is 0 Å². The van der Waals surface area contributed by atoms with Crippen LogP contribution in [0.15, 0.2) is 23.1 Å². The number of amides is 1. The van der Waals surface area contributed by atoms with Crippen molar-refractivity contribution >= 4 is 15.9 Å². The number of methoxy groups -OCH3 is 1. The van der Waals surface area contributed by atoms with E-state index in [1.165, 1.54) is 12.7 Å². The maximum atomic E-state index is 12.2. The van der Waals surface area contributed by atoms with E-state index in [1.54, 1.807) is 12.1 Å². The number of hydrogen-bond acceptors (Lipinski definition) is 4. The first-order valence-corrected chi connectivity index (χ1v) is 8.38. The highest BCUT2D eigenvalue weighted by atomic mass is 32.2. The lowest BCUT2D eigenvalue weighted by atomic mass is 10.1. The predicted octanol–water partition coefficient (Wildman–Crippen LogP) is 0.216. The maximum absolute atomic E-state index is 12.2. The number of benzene rings is 1. The quantitative estimate of drug-likeness (QED) is 0.705. The van der Waals surface area contributed by atoms with Crippen LogP contribution >= 0.6 is 0 Å². The average molecular weight is 312 g/mol. The van der Waals surface area contributed by atoms with Crippen molar-refractivity contribution < 1.29 is 17.9 Å². The van der Waals surface area contributed by atoms with E-state index in [4.69, 9.17) is 4.74 Å². The molecule has 0 unspecified atom stereocenters. The lowest BCUT2D eigenvalue weighted by molar-refractivity contribution is -0.120. The molecule has 0 saturated carbocycles. The van der Waals surface area contributed by atoms with Crippen molar-refractivity contribution in [1.82, 2.24) is 10.0 Å². The summed E-state index contributed by atoms with van der Waals surface area (Å²) < 4.78 is 31.4. The summed E-state index contributed by atoms with van der Waals surface area (Å²) in [5.74, 6) is -0.378. The van der Waals surface area contributed by atoms with Crippen LogP contribution in [0, 0.1) is 0 Å². The largest absolute Gasteiger partial charge is 0.383 e. The van der Waals surface area contributed by atoms with E-state index in [0.717, 1.165) is 24.8 Å². The van der Waals surface area contributed by atoms with Crippen molar-refractivity contribution in [2.45, 2.75) is 24.2 Å². The molecular formula is C14H20N2O4S. The molecule has 2 N–H and O–H groups in total. The molecule has 1 aromatic carbocycles. The van der Waals surface area contributed by atoms with Crippen molar-refractivity contribution in [3.8, 4) is 0 Å². The first kappa shape index (κ1) is 15.9. The Balaban J connectivity index is 1.94. The van der Waals surface area contributed by atoms with Crippen molar-refractivity contribution in [3.05, 3.63) is 29.3 Å². The molecule has 0 aromatic heterocycles. The van der Waals surface area contributed by atoms with Gasteiger partial charge in [-0.2, -0.15) is 0 Å². The number of nitrogens with one attached hydrogen (secondary N) is 2. The van der Waals surface area contributed by atoms with Gasteiger partial charge in [-0.15, -0.1) is 0 Å². The third-order valence-electron chi connectivity index (χ3n) is 3.43. The van der Waals surface area contributed by atoms with Crippen LogP contribution in [-0.2, 0) is 32.4 Å². The fourth-order valence-electron chi connectivity index (χ4n) is 2.31. The highest BCUT2D eigenvalue weighted by Crippen LogP contribution is 2.24. The van der Waals surface area contributed by atoms with E-state index < -0.39 is 10.0 Å². The second-order valence-corrected chi connectivity index (χ2v) is 6.72. The minimum Gasteiger partial charge on any atom is -0.383 e. The van der Waals surface area contributed by atoms with Gasteiger partial charge in [-0.05, 0) is 42.5 Å². The van der Waals surface area contributed by atoms with Crippen LogP contribution in [0.1, 0.15) is 17.5 Å². The summed E-state index contributed by atoms with van der Waals surface area (Å²) in [6, 6.07) is 5.15. The topological polar surface area (TPSA) is 84.5 Å². The number of carbonyl (C=O) groups excluding carboxylic acids is 1. The minimum absolute atomic E-state index is 0.216. The Morgan fingerprint density at radius 2 is 2.05 bits per heavy atom. The van der Waals surface area contributed by atoms with Crippen molar-refractivity contribution in [2.75, 3.05) is 26.8 Å². The predicted molar refractivity (Wildman–Crippen MR) is 78.5 cm³/mol. The molecule has 0 atom stereocenters. The van der Waals surface area contributed by atoms with Gasteiger partial charge in [0.25, 0.3) is 0 Å². The number of ether oxygens (including phenoxy) is 1. The molecule has 1 amide bonds. The molecule has 7 heteroatoms. The molecule has 6 nitrogen and oxygen atoms in total. The molecule has 1 aliphatic rings. The molecule has 0 heterocycles. The van der Waals surface area contributed by atoms with E-state index >= 15 is 0 Å². The minimum atomic E-state index is -3.65. The van der Waals surface area contributed by atoms with E-state index in [2.05, 4.69) is 10.0 Å². The van der Waals surface area contributed by atoms with Crippen molar-refractivity contribution in [1.29, 1.82) is 0 Å². The summed E-state index contributed by atoms with van der Waals surface area (Å²) in [5, 5.41) is 2.56. The summed E-state index contributed by atoms with van der Waals surface area (Å²) in [6.07, 6.45) is 2.98. The smallest absolute Gasteiger partial charge is 0.241 e. The highest BCUT2D eigenvalue weighted by Gasteiger charge is 2.19. The standard InChI is InChI=1S/C14H20N2O4S/c1-20-8-7-15-14(17)10-16-21(18,19)13-6-5-11-3-2-4-12(11)9-13/h5-6,9,16H,2-4,7-8,10H2,1H3,(H,15,17). The Kier molecular flexibility index (Phi) is 5.33. The number of carbonyl (C=O) groups is 1. The number of aryl methyl sites for hydroxylation is 2. The number of sulfonamides is 1. The first-order valence-electron chi connectivity index (χ1n) is 6.90. The fourth-order valence-corrected chi connectivity index (χ4v) is 3.35. The normalized spacial score (nSPS) is 14.0. The van der Waals surface area contributed by atoms with Crippen molar-refractivity contribution in [2.24, 2.45) is 0 Å². The lowest BCUT2D eigenvalue weighted by Gasteiger charge is -2.09. The van der Waals surface area contributed by atoms with Gasteiger partial charge in [0.1, 0.15) is 0 Å². The molecule has 0 bridgehead atoms. The maximum Gasteiger partial charge on any atom is 0.241 e. The van der Waals surface area contributed by atoms with Gasteiger partial charge in [0.15, 0.2) is 0 Å². The number of hydrogen-bond donors (Lipinski definition) is 2. The Morgan fingerprint density at radius 3 is 2.81 bits per heavy atom. The zero-order chi connectivity index (χ0) is 15.3. The van der Waals surface area contributed by atoms with Gasteiger partial charge < -0.3 is 10.1 Å². The van der Waals surface area contributed by atoms with Gasteiger partial charge in [0.2, 0.25) is 15.9 Å². The van der Waals surface area contributed by atoms with Crippen LogP contribution in [0.4, 0.5) is 0 Å². The second-order valence-electron chi connectivity index (χ2n) is 4.95. The van der Waals surface area contributed by atoms with Gasteiger partial charge in [0.05, 0.1) is 18.0 Å². The Morgan fingerprint density at radius 1 is 1.29 bits per heavy atom. The second kappa shape index (κ2) is 7.02. The third kappa shape index (κ3) is 4.26. The average Bonchev–Trinajstić information content (AvgIpc) is 2.93. The summed E-state index contributed by atoms with van der Waals surface area (Å²) in [5.41, 5.74) is 2.30. The summed E-state index contributed by atoms with van der Waals surface area (Å²) in [4.78, 5) is 11.7. The van der Waals surface area contributed by atoms with E-state index in [0.29, 0.717) is 13.2 Å². The Bertz CT molecular complexity index is 613. The van der Waals surface area contributed by atoms with Crippen LogP contribution < -0.4 is 10.0 Å². The molecule has 116 valence electrons. The zero-order valence-electron chi connectivity index (χ0n) is 12.0. The summed E-state index contributed by atoms with van der Waals surface area (Å²) in [7, 11) is -2.12. The summed E-state index contributed by atoms with van der Waals surface area (Å²) >= 11 is 0. The molecule has 0 fully saturated rings. The van der Waals surface area contributed by atoms with Crippen LogP contribution in [0.2, 0.25) is 0 Å². The van der Waals surface area contributed by atoms with Crippen LogP contribution in [0.25, 0.3) is 0 Å². The molecule has 1 aliphatic carbocycles. The van der Waals surface area contributed by atoms with Crippen LogP contribution in [-0.4, -0.2) is 41.1 Å². The lowest BCUT2D eigenvalue weighted by Crippen LogP contribution is -2.38. The molecule has 0 spiro atoms. The molecule has 0 aliphatic heterocycles. The van der Waals surface area contributed by atoms with Gasteiger partial charge >= 0.3 is 0 Å². The number of fused-ring (bicyclic) bond motifs is 1. The zero-order valence-corrected chi connectivity index (χ0v) is 12.8. The first-order chi connectivity index (χ1) is 10.0. The van der Waals surface area contributed by atoms with Crippen LogP contribution in [0.5, 0.6) is 0 Å². The van der Waals surface area contributed by atoms with Gasteiger partial charge in [-0.1, -0.05) is 6.07 Å². The van der Waals surface area contributed by atoms with Gasteiger partial charge in [0, 0.05) is 13.7 Å². The third-order valence-corrected chi connectivity index (χ3v) is 4.83. The van der Waals surface area contributed by atoms with Gasteiger partial charge in [-0.3, -0.25) is 4.79 Å².